The van der Waals surface area contributed by atoms with E-state index >= 15 is 0 Å². The van der Waals surface area contributed by atoms with Gasteiger partial charge in [0.05, 0.1) is 6.61 Å². The van der Waals surface area contributed by atoms with Gasteiger partial charge in [0.1, 0.15) is 5.75 Å². The summed E-state index contributed by atoms with van der Waals surface area (Å²) < 4.78 is 5.74. The molecule has 0 atom stereocenters. The molecule has 2 nitrogen and oxygen atoms in total. The lowest BCUT2D eigenvalue weighted by Gasteiger charge is -2.06. The van der Waals surface area contributed by atoms with Crippen LogP contribution in [0.4, 0.5) is 0 Å². The number of alkyl halides is 1. The summed E-state index contributed by atoms with van der Waals surface area (Å²) in [6.45, 7) is 0.641. The number of hydrogen-bond acceptors (Lipinski definition) is 2. The fraction of sp³-hybridized carbons (Fsp3) is 0.235. The van der Waals surface area contributed by atoms with Gasteiger partial charge in [-0.3, -0.25) is 4.98 Å². The van der Waals surface area contributed by atoms with Crippen molar-refractivity contribution >= 4 is 11.6 Å². The number of halogens is 1. The molecule has 2 rings (SSSR count). The minimum absolute atomic E-state index is 0.565. The van der Waals surface area contributed by atoms with Gasteiger partial charge in [-0.25, -0.2) is 0 Å². The van der Waals surface area contributed by atoms with Crippen LogP contribution in [0.25, 0.3) is 0 Å². The van der Waals surface area contributed by atoms with Crippen molar-refractivity contribution in [2.75, 3.05) is 12.5 Å². The van der Waals surface area contributed by atoms with E-state index in [-0.39, 0.29) is 0 Å². The fourth-order valence-electron chi connectivity index (χ4n) is 1.71. The largest absolute Gasteiger partial charge is 0.493 e. The Bertz CT molecular complexity index is 587. The zero-order valence-corrected chi connectivity index (χ0v) is 11.9. The quantitative estimate of drug-likeness (QED) is 0.617. The predicted octanol–water partition coefficient (Wildman–Crippen LogP) is 3.68. The second kappa shape index (κ2) is 8.24. The van der Waals surface area contributed by atoms with Crippen molar-refractivity contribution in [2.45, 2.75) is 12.8 Å². The van der Waals surface area contributed by atoms with Crippen LogP contribution in [-0.2, 0) is 6.42 Å². The molecule has 0 saturated carbocycles. The van der Waals surface area contributed by atoms with Gasteiger partial charge in [-0.2, -0.15) is 0 Å². The fourth-order valence-corrected chi connectivity index (χ4v) is 1.81. The molecule has 20 heavy (non-hydrogen) atoms. The van der Waals surface area contributed by atoms with Crippen molar-refractivity contribution in [2.24, 2.45) is 0 Å². The highest BCUT2D eigenvalue weighted by molar-refractivity contribution is 6.18. The number of nitrogens with zero attached hydrogens (tertiary/aromatic N) is 1. The van der Waals surface area contributed by atoms with Crippen LogP contribution >= 0.6 is 11.6 Å². The third-order valence-electron chi connectivity index (χ3n) is 2.70. The molecular formula is C17H16ClNO. The van der Waals surface area contributed by atoms with Gasteiger partial charge in [0.2, 0.25) is 0 Å². The van der Waals surface area contributed by atoms with E-state index in [9.17, 15) is 0 Å². The maximum absolute atomic E-state index is 5.74. The average molecular weight is 286 g/mol. The summed E-state index contributed by atoms with van der Waals surface area (Å²) in [5.41, 5.74) is 2.18. The van der Waals surface area contributed by atoms with E-state index in [2.05, 4.69) is 16.8 Å². The van der Waals surface area contributed by atoms with E-state index in [0.29, 0.717) is 18.9 Å². The van der Waals surface area contributed by atoms with Gasteiger partial charge in [0.15, 0.2) is 0 Å². The minimum Gasteiger partial charge on any atom is -0.493 e. The standard InChI is InChI=1S/C17H16ClNO/c18-10-2-1-4-16-5-3-6-17(14-16)20-13-9-15-7-11-19-12-8-15/h3,5-8,11-12,14H,2,9-10,13H2. The lowest BCUT2D eigenvalue weighted by molar-refractivity contribution is 0.322. The molecule has 2 aromatic rings. The smallest absolute Gasteiger partial charge is 0.120 e. The van der Waals surface area contributed by atoms with Gasteiger partial charge < -0.3 is 4.74 Å². The topological polar surface area (TPSA) is 22.1 Å². The zero-order valence-electron chi connectivity index (χ0n) is 11.2. The van der Waals surface area contributed by atoms with E-state index in [4.69, 9.17) is 16.3 Å². The molecule has 0 unspecified atom stereocenters. The summed E-state index contributed by atoms with van der Waals surface area (Å²) in [5, 5.41) is 0. The summed E-state index contributed by atoms with van der Waals surface area (Å²) in [5.74, 6) is 7.50. The second-order valence-corrected chi connectivity index (χ2v) is 4.60. The van der Waals surface area contributed by atoms with E-state index in [1.54, 1.807) is 12.4 Å². The molecule has 0 aliphatic rings. The number of benzene rings is 1. The Hall–Kier alpha value is -1.98. The molecule has 1 aromatic carbocycles. The molecule has 0 bridgehead atoms. The molecule has 0 spiro atoms. The van der Waals surface area contributed by atoms with E-state index < -0.39 is 0 Å². The Labute approximate surface area is 124 Å². The molecule has 3 heteroatoms. The van der Waals surface area contributed by atoms with Crippen molar-refractivity contribution in [3.63, 3.8) is 0 Å². The molecule has 0 N–H and O–H groups in total. The van der Waals surface area contributed by atoms with E-state index in [1.165, 1.54) is 5.56 Å². The van der Waals surface area contributed by atoms with Crippen LogP contribution in [0.3, 0.4) is 0 Å². The molecule has 102 valence electrons. The Balaban J connectivity index is 1.87. The van der Waals surface area contributed by atoms with Crippen LogP contribution in [0.1, 0.15) is 17.5 Å². The molecule has 0 aliphatic heterocycles. The predicted molar refractivity (Wildman–Crippen MR) is 82.1 cm³/mol. The lowest BCUT2D eigenvalue weighted by Crippen LogP contribution is -2.01. The first-order valence-electron chi connectivity index (χ1n) is 6.55. The maximum atomic E-state index is 5.74. The molecular weight excluding hydrogens is 270 g/mol. The first kappa shape index (κ1) is 14.4. The maximum Gasteiger partial charge on any atom is 0.120 e. The number of aromatic nitrogens is 1. The summed E-state index contributed by atoms with van der Waals surface area (Å²) >= 11 is 5.59. The van der Waals surface area contributed by atoms with Gasteiger partial charge in [-0.1, -0.05) is 17.9 Å². The summed E-state index contributed by atoms with van der Waals surface area (Å²) in [7, 11) is 0. The molecule has 0 fully saturated rings. The molecule has 0 aliphatic carbocycles. The van der Waals surface area contributed by atoms with E-state index in [1.807, 2.05) is 36.4 Å². The Morgan fingerprint density at radius 1 is 1.15 bits per heavy atom. The Morgan fingerprint density at radius 2 is 2.00 bits per heavy atom. The molecule has 0 saturated heterocycles. The van der Waals surface area contributed by atoms with E-state index in [0.717, 1.165) is 17.7 Å². The van der Waals surface area contributed by atoms with Crippen LogP contribution in [0.15, 0.2) is 48.8 Å². The molecule has 0 amide bonds. The van der Waals surface area contributed by atoms with Crippen molar-refractivity contribution < 1.29 is 4.74 Å². The first-order chi connectivity index (χ1) is 9.88. The third kappa shape index (κ3) is 4.95. The number of ether oxygens (including phenoxy) is 1. The number of rotatable bonds is 5. The van der Waals surface area contributed by atoms with Crippen LogP contribution in [-0.4, -0.2) is 17.5 Å². The molecule has 1 aromatic heterocycles. The second-order valence-electron chi connectivity index (χ2n) is 4.22. The number of hydrogen-bond donors (Lipinski definition) is 0. The van der Waals surface area contributed by atoms with Gasteiger partial charge >= 0.3 is 0 Å². The Morgan fingerprint density at radius 3 is 2.80 bits per heavy atom. The number of pyridine rings is 1. The minimum atomic E-state index is 0.565. The third-order valence-corrected chi connectivity index (χ3v) is 2.88. The van der Waals surface area contributed by atoms with Gasteiger partial charge in [-0.15, -0.1) is 11.6 Å². The lowest BCUT2D eigenvalue weighted by atomic mass is 10.2. The van der Waals surface area contributed by atoms with Crippen LogP contribution in [0.2, 0.25) is 0 Å². The van der Waals surface area contributed by atoms with Gasteiger partial charge in [0.25, 0.3) is 0 Å². The van der Waals surface area contributed by atoms with Crippen molar-refractivity contribution in [3.05, 3.63) is 59.9 Å². The molecule has 0 radical (unpaired) electrons. The molecule has 1 heterocycles. The van der Waals surface area contributed by atoms with Crippen LogP contribution in [0, 0.1) is 11.8 Å². The Kier molecular flexibility index (Phi) is 5.95. The van der Waals surface area contributed by atoms with Crippen LogP contribution < -0.4 is 4.74 Å². The van der Waals surface area contributed by atoms with Crippen molar-refractivity contribution in [1.29, 1.82) is 0 Å². The SMILES string of the molecule is ClCCC#Cc1cccc(OCCc2ccncc2)c1. The summed E-state index contributed by atoms with van der Waals surface area (Å²) in [6.07, 6.45) is 5.16. The van der Waals surface area contributed by atoms with Crippen molar-refractivity contribution in [3.8, 4) is 17.6 Å². The normalized spacial score (nSPS) is 9.65. The summed E-state index contributed by atoms with van der Waals surface area (Å²) in [6, 6.07) is 11.8. The average Bonchev–Trinajstić information content (AvgIpc) is 2.49. The monoisotopic (exact) mass is 285 g/mol. The van der Waals surface area contributed by atoms with Gasteiger partial charge in [0, 0.05) is 36.7 Å². The summed E-state index contributed by atoms with van der Waals surface area (Å²) in [4.78, 5) is 3.99. The van der Waals surface area contributed by atoms with Gasteiger partial charge in [-0.05, 0) is 35.9 Å². The first-order valence-corrected chi connectivity index (χ1v) is 7.08. The highest BCUT2D eigenvalue weighted by Crippen LogP contribution is 2.13. The van der Waals surface area contributed by atoms with Crippen LogP contribution in [0.5, 0.6) is 5.75 Å². The highest BCUT2D eigenvalue weighted by atomic mass is 35.5. The zero-order chi connectivity index (χ0) is 14.0. The van der Waals surface area contributed by atoms with Crippen molar-refractivity contribution in [1.82, 2.24) is 4.98 Å². The highest BCUT2D eigenvalue weighted by Gasteiger charge is 1.96.